The Bertz CT molecular complexity index is 956. The minimum Gasteiger partial charge on any atom is -0.507 e. The number of carbonyl (C=O) groups excluding carboxylic acids is 2. The summed E-state index contributed by atoms with van der Waals surface area (Å²) >= 11 is 0. The van der Waals surface area contributed by atoms with Gasteiger partial charge in [-0.1, -0.05) is 31.9 Å². The van der Waals surface area contributed by atoms with E-state index in [0.29, 0.717) is 29.4 Å². The van der Waals surface area contributed by atoms with Gasteiger partial charge in [0.25, 0.3) is 11.7 Å². The lowest BCUT2D eigenvalue weighted by molar-refractivity contribution is -0.140. The highest BCUT2D eigenvalue weighted by atomic mass is 16.5. The number of unbranched alkanes of at least 4 members (excludes halogenated alkanes) is 2. The lowest BCUT2D eigenvalue weighted by Crippen LogP contribution is -2.30. The summed E-state index contributed by atoms with van der Waals surface area (Å²) in [5.41, 5.74) is 0.473. The molecule has 2 aromatic rings. The highest BCUT2D eigenvalue weighted by Crippen LogP contribution is 2.40. The SMILES string of the molecule is CCCCCN1C(=O)C(=O)/C(=C(\O)c2cccc(OC(C)C)c2)C1c1ccc(C)o1. The topological polar surface area (TPSA) is 80.0 Å². The van der Waals surface area contributed by atoms with Gasteiger partial charge in [0.2, 0.25) is 0 Å². The molecule has 30 heavy (non-hydrogen) atoms. The molecule has 0 radical (unpaired) electrons. The van der Waals surface area contributed by atoms with Crippen LogP contribution in [0.4, 0.5) is 0 Å². The number of benzene rings is 1. The molecule has 6 heteroatoms. The Balaban J connectivity index is 2.07. The summed E-state index contributed by atoms with van der Waals surface area (Å²) in [6.07, 6.45) is 2.69. The zero-order valence-corrected chi connectivity index (χ0v) is 18.0. The number of hydrogen-bond acceptors (Lipinski definition) is 5. The average Bonchev–Trinajstić information content (AvgIpc) is 3.23. The summed E-state index contributed by atoms with van der Waals surface area (Å²) in [6, 6.07) is 9.69. The maximum Gasteiger partial charge on any atom is 0.295 e. The number of aliphatic hydroxyl groups is 1. The second-order valence-corrected chi connectivity index (χ2v) is 7.84. The van der Waals surface area contributed by atoms with Crippen molar-refractivity contribution in [3.8, 4) is 5.75 Å². The molecule has 1 aliphatic heterocycles. The first-order valence-electron chi connectivity index (χ1n) is 10.4. The molecule has 2 heterocycles. The smallest absolute Gasteiger partial charge is 0.295 e. The van der Waals surface area contributed by atoms with E-state index in [1.165, 1.54) is 4.90 Å². The number of rotatable bonds is 8. The Hall–Kier alpha value is -3.02. The first-order chi connectivity index (χ1) is 14.3. The van der Waals surface area contributed by atoms with E-state index in [1.807, 2.05) is 13.8 Å². The fraction of sp³-hybridized carbons (Fsp3) is 0.417. The zero-order chi connectivity index (χ0) is 21.8. The minimum atomic E-state index is -0.745. The predicted octanol–water partition coefficient (Wildman–Crippen LogP) is 4.99. The second-order valence-electron chi connectivity index (χ2n) is 7.84. The average molecular weight is 411 g/mol. The Morgan fingerprint density at radius 3 is 2.60 bits per heavy atom. The van der Waals surface area contributed by atoms with Gasteiger partial charge in [-0.05, 0) is 51.5 Å². The van der Waals surface area contributed by atoms with Gasteiger partial charge >= 0.3 is 0 Å². The van der Waals surface area contributed by atoms with Crippen molar-refractivity contribution < 1.29 is 23.8 Å². The Morgan fingerprint density at radius 1 is 1.20 bits per heavy atom. The minimum absolute atomic E-state index is 0.0300. The van der Waals surface area contributed by atoms with Crippen molar-refractivity contribution in [1.82, 2.24) is 4.90 Å². The van der Waals surface area contributed by atoms with E-state index in [4.69, 9.17) is 9.15 Å². The third kappa shape index (κ3) is 4.42. The van der Waals surface area contributed by atoms with Crippen LogP contribution in [0.15, 0.2) is 46.4 Å². The number of aliphatic hydroxyl groups excluding tert-OH is 1. The second kappa shape index (κ2) is 9.20. The summed E-state index contributed by atoms with van der Waals surface area (Å²) in [4.78, 5) is 27.3. The molecule has 0 saturated carbocycles. The highest BCUT2D eigenvalue weighted by Gasteiger charge is 2.47. The van der Waals surface area contributed by atoms with E-state index in [0.717, 1.165) is 19.3 Å². The van der Waals surface area contributed by atoms with Gasteiger partial charge in [-0.2, -0.15) is 0 Å². The number of Topliss-reactive ketones (excluding diaryl/α,β-unsaturated/α-hetero) is 1. The summed E-state index contributed by atoms with van der Waals surface area (Å²) in [5.74, 6) is 0.201. The van der Waals surface area contributed by atoms with E-state index >= 15 is 0 Å². The van der Waals surface area contributed by atoms with Crippen LogP contribution < -0.4 is 4.74 Å². The number of ketones is 1. The summed E-state index contributed by atoms with van der Waals surface area (Å²) in [5, 5.41) is 11.1. The Morgan fingerprint density at radius 2 is 1.97 bits per heavy atom. The number of ether oxygens (including phenoxy) is 1. The van der Waals surface area contributed by atoms with Gasteiger partial charge in [-0.15, -0.1) is 0 Å². The monoisotopic (exact) mass is 411 g/mol. The largest absolute Gasteiger partial charge is 0.507 e. The molecule has 1 atom stereocenters. The zero-order valence-electron chi connectivity index (χ0n) is 18.0. The molecule has 0 spiro atoms. The number of amides is 1. The fourth-order valence-corrected chi connectivity index (χ4v) is 3.68. The molecule has 0 aliphatic carbocycles. The van der Waals surface area contributed by atoms with Crippen LogP contribution in [0, 0.1) is 6.92 Å². The molecular weight excluding hydrogens is 382 g/mol. The van der Waals surface area contributed by atoms with Gasteiger partial charge in [0.15, 0.2) is 0 Å². The van der Waals surface area contributed by atoms with Crippen molar-refractivity contribution in [3.63, 3.8) is 0 Å². The number of furan rings is 1. The lowest BCUT2D eigenvalue weighted by Gasteiger charge is -2.23. The molecule has 1 fully saturated rings. The van der Waals surface area contributed by atoms with Crippen molar-refractivity contribution in [1.29, 1.82) is 0 Å². The first kappa shape index (κ1) is 21.7. The molecule has 1 aliphatic rings. The van der Waals surface area contributed by atoms with Crippen LogP contribution in [0.1, 0.15) is 63.2 Å². The van der Waals surface area contributed by atoms with Crippen LogP contribution in [0.3, 0.4) is 0 Å². The van der Waals surface area contributed by atoms with Gasteiger partial charge in [-0.25, -0.2) is 0 Å². The Labute approximate surface area is 177 Å². The number of carbonyl (C=O) groups is 2. The highest BCUT2D eigenvalue weighted by molar-refractivity contribution is 6.46. The predicted molar refractivity (Wildman–Crippen MR) is 114 cm³/mol. The first-order valence-corrected chi connectivity index (χ1v) is 10.4. The van der Waals surface area contributed by atoms with Crippen LogP contribution >= 0.6 is 0 Å². The molecule has 6 nitrogen and oxygen atoms in total. The third-order valence-electron chi connectivity index (χ3n) is 5.05. The molecular formula is C24H29NO5. The third-order valence-corrected chi connectivity index (χ3v) is 5.05. The van der Waals surface area contributed by atoms with Gasteiger partial charge in [0, 0.05) is 12.1 Å². The lowest BCUT2D eigenvalue weighted by atomic mass is 9.99. The van der Waals surface area contributed by atoms with Crippen LogP contribution in [0.2, 0.25) is 0 Å². The number of nitrogens with zero attached hydrogens (tertiary/aromatic N) is 1. The van der Waals surface area contributed by atoms with Crippen LogP contribution in [0.25, 0.3) is 5.76 Å². The number of likely N-dealkylation sites (tertiary alicyclic amines) is 1. The van der Waals surface area contributed by atoms with Crippen molar-refractivity contribution in [2.24, 2.45) is 0 Å². The number of aryl methyl sites for hydroxylation is 1. The maximum absolute atomic E-state index is 12.9. The van der Waals surface area contributed by atoms with E-state index in [9.17, 15) is 14.7 Å². The summed E-state index contributed by atoms with van der Waals surface area (Å²) in [7, 11) is 0. The molecule has 1 N–H and O–H groups in total. The van der Waals surface area contributed by atoms with Gasteiger partial charge in [0.05, 0.1) is 11.7 Å². The molecule has 0 bridgehead atoms. The van der Waals surface area contributed by atoms with E-state index in [-0.39, 0.29) is 17.4 Å². The van der Waals surface area contributed by atoms with Gasteiger partial charge in [-0.3, -0.25) is 9.59 Å². The van der Waals surface area contributed by atoms with E-state index in [2.05, 4.69) is 6.92 Å². The van der Waals surface area contributed by atoms with E-state index in [1.54, 1.807) is 43.3 Å². The standard InChI is InChI=1S/C24H29NO5/c1-5-6-7-13-25-21(19-12-11-16(4)30-19)20(23(27)24(25)28)22(26)17-9-8-10-18(14-17)29-15(2)3/h8-12,14-15,21,26H,5-7,13H2,1-4H3/b22-20-. The normalized spacial score (nSPS) is 18.4. The molecule has 1 amide bonds. The Kier molecular flexibility index (Phi) is 6.65. The van der Waals surface area contributed by atoms with E-state index < -0.39 is 17.7 Å². The number of hydrogen-bond donors (Lipinski definition) is 1. The van der Waals surface area contributed by atoms with Gasteiger partial charge < -0.3 is 19.2 Å². The molecule has 1 aromatic carbocycles. The van der Waals surface area contributed by atoms with Crippen LogP contribution in [-0.2, 0) is 9.59 Å². The van der Waals surface area contributed by atoms with Crippen LogP contribution in [-0.4, -0.2) is 34.3 Å². The fourth-order valence-electron chi connectivity index (χ4n) is 3.68. The van der Waals surface area contributed by atoms with Crippen molar-refractivity contribution in [3.05, 3.63) is 59.1 Å². The summed E-state index contributed by atoms with van der Waals surface area (Å²) < 4.78 is 11.5. The molecule has 1 saturated heterocycles. The molecule has 160 valence electrons. The molecule has 3 rings (SSSR count). The van der Waals surface area contributed by atoms with Crippen molar-refractivity contribution >= 4 is 17.4 Å². The molecule has 1 unspecified atom stereocenters. The quantitative estimate of drug-likeness (QED) is 0.287. The van der Waals surface area contributed by atoms with Gasteiger partial charge in [0.1, 0.15) is 29.1 Å². The molecule has 1 aromatic heterocycles. The summed E-state index contributed by atoms with van der Waals surface area (Å²) in [6.45, 7) is 8.13. The van der Waals surface area contributed by atoms with Crippen LogP contribution in [0.5, 0.6) is 5.75 Å². The van der Waals surface area contributed by atoms with Crippen molar-refractivity contribution in [2.75, 3.05) is 6.54 Å². The van der Waals surface area contributed by atoms with Crippen molar-refractivity contribution in [2.45, 2.75) is 59.1 Å². The maximum atomic E-state index is 12.9.